The predicted octanol–water partition coefficient (Wildman–Crippen LogP) is 0.517. The summed E-state index contributed by atoms with van der Waals surface area (Å²) in [5.41, 5.74) is 5.32. The Bertz CT molecular complexity index is 438. The van der Waals surface area contributed by atoms with Gasteiger partial charge in [0.2, 0.25) is 11.8 Å². The Morgan fingerprint density at radius 2 is 2.15 bits per heavy atom. The number of hydrogen-bond donors (Lipinski definition) is 2. The van der Waals surface area contributed by atoms with Crippen molar-refractivity contribution in [1.29, 1.82) is 0 Å². The van der Waals surface area contributed by atoms with Gasteiger partial charge in [0.15, 0.2) is 0 Å². The normalized spacial score (nSPS) is 16.9. The average Bonchev–Trinajstić information content (AvgIpc) is 2.87. The Kier molecular flexibility index (Phi) is 4.94. The molecule has 1 saturated heterocycles. The molecule has 0 aromatic carbocycles. The van der Waals surface area contributed by atoms with Crippen LogP contribution in [-0.2, 0) is 11.3 Å². The Morgan fingerprint density at radius 1 is 1.45 bits per heavy atom. The zero-order chi connectivity index (χ0) is 14.5. The molecule has 0 spiro atoms. The van der Waals surface area contributed by atoms with Gasteiger partial charge in [-0.2, -0.15) is 0 Å². The van der Waals surface area contributed by atoms with Crippen LogP contribution in [0.3, 0.4) is 0 Å². The number of primary amides is 1. The Balaban J connectivity index is 1.82. The summed E-state index contributed by atoms with van der Waals surface area (Å²) in [5, 5.41) is 11.4. The number of rotatable bonds is 6. The van der Waals surface area contributed by atoms with Gasteiger partial charge in [0.25, 0.3) is 0 Å². The van der Waals surface area contributed by atoms with Crippen molar-refractivity contribution in [2.75, 3.05) is 24.5 Å². The molecule has 1 amide bonds. The van der Waals surface area contributed by atoms with Gasteiger partial charge in [-0.3, -0.25) is 4.79 Å². The fourth-order valence-corrected chi connectivity index (χ4v) is 2.27. The molecule has 7 heteroatoms. The molecule has 1 aliphatic heterocycles. The lowest BCUT2D eigenvalue weighted by atomic mass is 9.97. The van der Waals surface area contributed by atoms with E-state index in [0.29, 0.717) is 24.4 Å². The average molecular weight is 281 g/mol. The molecule has 3 N–H and O–H groups in total. The molecule has 0 bridgehead atoms. The standard InChI is InChI=1S/C13H23N5O2/c1-9(2)7-15-8-11-16-17-13(20-11)18-5-3-10(4-6-18)12(14)19/h9-10,15H,3-8H2,1-2H3,(H2,14,19). The van der Waals surface area contributed by atoms with E-state index in [0.717, 1.165) is 32.5 Å². The first-order valence-corrected chi connectivity index (χ1v) is 7.13. The zero-order valence-electron chi connectivity index (χ0n) is 12.1. The van der Waals surface area contributed by atoms with Crippen LogP contribution < -0.4 is 16.0 Å². The number of aromatic nitrogens is 2. The van der Waals surface area contributed by atoms with E-state index in [-0.39, 0.29) is 11.8 Å². The lowest BCUT2D eigenvalue weighted by molar-refractivity contribution is -0.122. The molecule has 1 aromatic heterocycles. The van der Waals surface area contributed by atoms with E-state index >= 15 is 0 Å². The minimum absolute atomic E-state index is 0.0265. The van der Waals surface area contributed by atoms with Crippen LogP contribution in [0.2, 0.25) is 0 Å². The fourth-order valence-electron chi connectivity index (χ4n) is 2.27. The summed E-state index contributed by atoms with van der Waals surface area (Å²) in [6.07, 6.45) is 1.50. The van der Waals surface area contributed by atoms with Crippen molar-refractivity contribution in [1.82, 2.24) is 15.5 Å². The van der Waals surface area contributed by atoms with Gasteiger partial charge in [-0.25, -0.2) is 0 Å². The van der Waals surface area contributed by atoms with Crippen LogP contribution in [0.15, 0.2) is 4.42 Å². The number of hydrogen-bond acceptors (Lipinski definition) is 6. The second kappa shape index (κ2) is 6.69. The number of piperidine rings is 1. The van der Waals surface area contributed by atoms with Crippen molar-refractivity contribution in [2.24, 2.45) is 17.6 Å². The summed E-state index contributed by atoms with van der Waals surface area (Å²) in [5.74, 6) is 0.943. The maximum Gasteiger partial charge on any atom is 0.318 e. The fraction of sp³-hybridized carbons (Fsp3) is 0.769. The number of carbonyl (C=O) groups is 1. The van der Waals surface area contributed by atoms with Crippen molar-refractivity contribution in [3.8, 4) is 0 Å². The molecule has 0 aliphatic carbocycles. The molecule has 1 aromatic rings. The maximum atomic E-state index is 11.1. The lowest BCUT2D eigenvalue weighted by Crippen LogP contribution is -2.38. The van der Waals surface area contributed by atoms with Gasteiger partial charge in [-0.05, 0) is 25.3 Å². The highest BCUT2D eigenvalue weighted by Crippen LogP contribution is 2.21. The van der Waals surface area contributed by atoms with Crippen molar-refractivity contribution >= 4 is 11.9 Å². The highest BCUT2D eigenvalue weighted by Gasteiger charge is 2.25. The van der Waals surface area contributed by atoms with E-state index in [2.05, 4.69) is 29.4 Å². The van der Waals surface area contributed by atoms with Crippen LogP contribution in [0.1, 0.15) is 32.6 Å². The van der Waals surface area contributed by atoms with Gasteiger partial charge in [-0.15, -0.1) is 5.10 Å². The van der Waals surface area contributed by atoms with Crippen LogP contribution in [0.25, 0.3) is 0 Å². The van der Waals surface area contributed by atoms with E-state index in [1.54, 1.807) is 0 Å². The number of carbonyl (C=O) groups excluding carboxylic acids is 1. The smallest absolute Gasteiger partial charge is 0.318 e. The Hall–Kier alpha value is -1.63. The minimum Gasteiger partial charge on any atom is -0.407 e. The van der Waals surface area contributed by atoms with Crippen LogP contribution in [-0.4, -0.2) is 35.7 Å². The SMILES string of the molecule is CC(C)CNCc1nnc(N2CCC(C(N)=O)CC2)o1. The molecular formula is C13H23N5O2. The van der Waals surface area contributed by atoms with Gasteiger partial charge in [0, 0.05) is 19.0 Å². The summed E-state index contributed by atoms with van der Waals surface area (Å²) < 4.78 is 5.63. The highest BCUT2D eigenvalue weighted by molar-refractivity contribution is 5.76. The number of nitrogens with zero attached hydrogens (tertiary/aromatic N) is 3. The summed E-state index contributed by atoms with van der Waals surface area (Å²) in [6.45, 7) is 7.26. The Labute approximate surface area is 118 Å². The molecule has 20 heavy (non-hydrogen) atoms. The van der Waals surface area contributed by atoms with Gasteiger partial charge in [-0.1, -0.05) is 18.9 Å². The van der Waals surface area contributed by atoms with E-state index in [4.69, 9.17) is 10.2 Å². The third-order valence-corrected chi connectivity index (χ3v) is 3.45. The number of nitrogens with two attached hydrogens (primary N) is 1. The van der Waals surface area contributed by atoms with Gasteiger partial charge >= 0.3 is 6.01 Å². The molecule has 0 saturated carbocycles. The molecular weight excluding hydrogens is 258 g/mol. The number of anilines is 1. The minimum atomic E-state index is -0.214. The highest BCUT2D eigenvalue weighted by atomic mass is 16.4. The number of nitrogens with one attached hydrogen (secondary N) is 1. The van der Waals surface area contributed by atoms with E-state index in [9.17, 15) is 4.79 Å². The monoisotopic (exact) mass is 281 g/mol. The summed E-state index contributed by atoms with van der Waals surface area (Å²) in [4.78, 5) is 13.1. The summed E-state index contributed by atoms with van der Waals surface area (Å²) in [7, 11) is 0. The van der Waals surface area contributed by atoms with Gasteiger partial charge in [0.1, 0.15) is 0 Å². The summed E-state index contributed by atoms with van der Waals surface area (Å²) in [6, 6.07) is 0.536. The number of amides is 1. The van der Waals surface area contributed by atoms with Crippen LogP contribution in [0.5, 0.6) is 0 Å². The molecule has 2 heterocycles. The quantitative estimate of drug-likeness (QED) is 0.789. The van der Waals surface area contributed by atoms with E-state index in [1.165, 1.54) is 0 Å². The molecule has 7 nitrogen and oxygen atoms in total. The third-order valence-electron chi connectivity index (χ3n) is 3.45. The second-order valence-corrected chi connectivity index (χ2v) is 5.67. The first-order chi connectivity index (χ1) is 9.56. The molecule has 1 aliphatic rings. The first kappa shape index (κ1) is 14.8. The maximum absolute atomic E-state index is 11.1. The predicted molar refractivity (Wildman–Crippen MR) is 75.0 cm³/mol. The molecule has 0 radical (unpaired) electrons. The molecule has 112 valence electrons. The Morgan fingerprint density at radius 3 is 2.75 bits per heavy atom. The second-order valence-electron chi connectivity index (χ2n) is 5.67. The van der Waals surface area contributed by atoms with Crippen molar-refractivity contribution in [3.63, 3.8) is 0 Å². The van der Waals surface area contributed by atoms with Gasteiger partial charge in [0.05, 0.1) is 6.54 Å². The van der Waals surface area contributed by atoms with E-state index < -0.39 is 0 Å². The van der Waals surface area contributed by atoms with Crippen molar-refractivity contribution in [3.05, 3.63) is 5.89 Å². The molecule has 0 unspecified atom stereocenters. The molecule has 1 fully saturated rings. The van der Waals surface area contributed by atoms with Crippen LogP contribution in [0, 0.1) is 11.8 Å². The van der Waals surface area contributed by atoms with Crippen LogP contribution in [0.4, 0.5) is 6.01 Å². The topological polar surface area (TPSA) is 97.3 Å². The first-order valence-electron chi connectivity index (χ1n) is 7.13. The third kappa shape index (κ3) is 3.93. The van der Waals surface area contributed by atoms with Crippen molar-refractivity contribution < 1.29 is 9.21 Å². The summed E-state index contributed by atoms with van der Waals surface area (Å²) >= 11 is 0. The lowest BCUT2D eigenvalue weighted by Gasteiger charge is -2.28. The van der Waals surface area contributed by atoms with Gasteiger partial charge < -0.3 is 20.4 Å². The molecule has 0 atom stereocenters. The van der Waals surface area contributed by atoms with E-state index in [1.807, 2.05) is 4.90 Å². The van der Waals surface area contributed by atoms with Crippen LogP contribution >= 0.6 is 0 Å². The van der Waals surface area contributed by atoms with Crippen molar-refractivity contribution in [2.45, 2.75) is 33.2 Å². The largest absolute Gasteiger partial charge is 0.407 e. The zero-order valence-corrected chi connectivity index (χ0v) is 12.1. The molecule has 2 rings (SSSR count).